The molecular formula is C13H18N2S. The van der Waals surface area contributed by atoms with E-state index in [2.05, 4.69) is 41.7 Å². The Morgan fingerprint density at radius 2 is 2.12 bits per heavy atom. The molecule has 0 amide bonds. The zero-order chi connectivity index (χ0) is 11.4. The van der Waals surface area contributed by atoms with E-state index in [4.69, 9.17) is 0 Å². The van der Waals surface area contributed by atoms with Crippen molar-refractivity contribution in [3.63, 3.8) is 0 Å². The van der Waals surface area contributed by atoms with Crippen LogP contribution in [-0.2, 0) is 0 Å². The summed E-state index contributed by atoms with van der Waals surface area (Å²) >= 11 is 1.77. The Hall–Kier alpha value is -1.09. The predicted octanol–water partition coefficient (Wildman–Crippen LogP) is 4.14. The van der Waals surface area contributed by atoms with E-state index in [1.54, 1.807) is 11.3 Å². The molecule has 0 bridgehead atoms. The minimum atomic E-state index is 0.746. The molecule has 0 spiro atoms. The van der Waals surface area contributed by atoms with Crippen molar-refractivity contribution in [1.29, 1.82) is 0 Å². The topological polar surface area (TPSA) is 24.9 Å². The number of hydrogen-bond donors (Lipinski definition) is 1. The van der Waals surface area contributed by atoms with Gasteiger partial charge in [-0.05, 0) is 23.4 Å². The van der Waals surface area contributed by atoms with Crippen LogP contribution in [0.15, 0.2) is 23.7 Å². The highest BCUT2D eigenvalue weighted by Gasteiger charge is 2.06. The van der Waals surface area contributed by atoms with Crippen LogP contribution in [0.3, 0.4) is 0 Å². The fraction of sp³-hybridized carbons (Fsp3) is 0.462. The first-order valence-electron chi connectivity index (χ1n) is 5.91. The molecule has 0 aliphatic carbocycles. The molecule has 3 heteroatoms. The van der Waals surface area contributed by atoms with Crippen LogP contribution in [0.25, 0.3) is 10.1 Å². The van der Waals surface area contributed by atoms with E-state index in [-0.39, 0.29) is 0 Å². The van der Waals surface area contributed by atoms with Gasteiger partial charge in [0.05, 0.1) is 0 Å². The number of nitrogens with one attached hydrogen (secondary N) is 1. The minimum absolute atomic E-state index is 0.746. The molecule has 2 nitrogen and oxygen atoms in total. The van der Waals surface area contributed by atoms with E-state index < -0.39 is 0 Å². The Balaban J connectivity index is 2.11. The molecule has 86 valence electrons. The van der Waals surface area contributed by atoms with Gasteiger partial charge in [0, 0.05) is 22.8 Å². The highest BCUT2D eigenvalue weighted by molar-refractivity contribution is 7.17. The number of anilines is 1. The third-order valence-corrected chi connectivity index (χ3v) is 3.97. The van der Waals surface area contributed by atoms with Crippen molar-refractivity contribution >= 4 is 27.2 Å². The highest BCUT2D eigenvalue weighted by atomic mass is 32.1. The van der Waals surface area contributed by atoms with Crippen molar-refractivity contribution in [3.05, 3.63) is 23.7 Å². The molecule has 0 unspecified atom stereocenters. The number of pyridine rings is 1. The molecular weight excluding hydrogens is 216 g/mol. The van der Waals surface area contributed by atoms with Gasteiger partial charge in [0.15, 0.2) is 0 Å². The molecule has 0 aliphatic rings. The van der Waals surface area contributed by atoms with E-state index in [0.717, 1.165) is 18.3 Å². The lowest BCUT2D eigenvalue weighted by Crippen LogP contribution is -2.13. The maximum Gasteiger partial charge on any atom is 0.134 e. The first-order chi connectivity index (χ1) is 7.85. The predicted molar refractivity (Wildman–Crippen MR) is 72.2 cm³/mol. The van der Waals surface area contributed by atoms with Crippen molar-refractivity contribution in [1.82, 2.24) is 4.98 Å². The normalized spacial score (nSPS) is 11.2. The summed E-state index contributed by atoms with van der Waals surface area (Å²) in [5, 5.41) is 6.84. The molecule has 16 heavy (non-hydrogen) atoms. The van der Waals surface area contributed by atoms with Gasteiger partial charge in [-0.15, -0.1) is 11.3 Å². The molecule has 0 aliphatic heterocycles. The quantitative estimate of drug-likeness (QED) is 0.841. The summed E-state index contributed by atoms with van der Waals surface area (Å²) in [7, 11) is 0. The van der Waals surface area contributed by atoms with E-state index >= 15 is 0 Å². The van der Waals surface area contributed by atoms with Crippen LogP contribution in [-0.4, -0.2) is 11.5 Å². The van der Waals surface area contributed by atoms with Gasteiger partial charge in [0.1, 0.15) is 5.82 Å². The first-order valence-corrected chi connectivity index (χ1v) is 6.79. The van der Waals surface area contributed by atoms with Crippen LogP contribution in [0.2, 0.25) is 0 Å². The van der Waals surface area contributed by atoms with Gasteiger partial charge in [-0.3, -0.25) is 0 Å². The number of thiophene rings is 1. The second-order valence-electron chi connectivity index (χ2n) is 4.06. The fourth-order valence-corrected chi connectivity index (χ4v) is 2.64. The molecule has 2 rings (SSSR count). The number of hydrogen-bond acceptors (Lipinski definition) is 3. The summed E-state index contributed by atoms with van der Waals surface area (Å²) in [6.45, 7) is 5.51. The van der Waals surface area contributed by atoms with E-state index in [0.29, 0.717) is 0 Å². The van der Waals surface area contributed by atoms with Gasteiger partial charge in [-0.2, -0.15) is 0 Å². The minimum Gasteiger partial charge on any atom is -0.369 e. The molecule has 2 aromatic rings. The molecule has 1 N–H and O–H groups in total. The zero-order valence-electron chi connectivity index (χ0n) is 9.86. The van der Waals surface area contributed by atoms with Crippen LogP contribution in [0.5, 0.6) is 0 Å². The van der Waals surface area contributed by atoms with Gasteiger partial charge < -0.3 is 5.32 Å². The molecule has 0 atom stereocenters. The average Bonchev–Trinajstić information content (AvgIpc) is 2.79. The molecule has 0 radical (unpaired) electrons. The summed E-state index contributed by atoms with van der Waals surface area (Å²) < 4.78 is 1.31. The largest absolute Gasteiger partial charge is 0.369 e. The van der Waals surface area contributed by atoms with Gasteiger partial charge in [-0.25, -0.2) is 4.98 Å². The summed E-state index contributed by atoms with van der Waals surface area (Å²) in [4.78, 5) is 4.42. The van der Waals surface area contributed by atoms with Gasteiger partial charge >= 0.3 is 0 Å². The van der Waals surface area contributed by atoms with Crippen molar-refractivity contribution in [2.24, 2.45) is 5.92 Å². The van der Waals surface area contributed by atoms with Crippen molar-refractivity contribution < 1.29 is 0 Å². The second kappa shape index (κ2) is 5.30. The monoisotopic (exact) mass is 234 g/mol. The van der Waals surface area contributed by atoms with Crippen molar-refractivity contribution in [3.8, 4) is 0 Å². The molecule has 2 heterocycles. The highest BCUT2D eigenvalue weighted by Crippen LogP contribution is 2.26. The number of nitrogens with zero attached hydrogens (tertiary/aromatic N) is 1. The molecule has 0 saturated heterocycles. The Kier molecular flexibility index (Phi) is 3.78. The van der Waals surface area contributed by atoms with Gasteiger partial charge in [0.25, 0.3) is 0 Å². The van der Waals surface area contributed by atoms with Gasteiger partial charge in [-0.1, -0.05) is 26.7 Å². The third-order valence-electron chi connectivity index (χ3n) is 3.09. The Morgan fingerprint density at radius 3 is 2.88 bits per heavy atom. The lowest BCUT2D eigenvalue weighted by Gasteiger charge is -2.14. The lowest BCUT2D eigenvalue weighted by atomic mass is 10.0. The van der Waals surface area contributed by atoms with Crippen LogP contribution in [0, 0.1) is 5.92 Å². The van der Waals surface area contributed by atoms with Crippen molar-refractivity contribution in [2.75, 3.05) is 11.9 Å². The Labute approximate surface area is 101 Å². The molecule has 0 saturated carbocycles. The Morgan fingerprint density at radius 1 is 1.31 bits per heavy atom. The maximum absolute atomic E-state index is 4.42. The standard InChI is InChI=1S/C13H18N2S/c1-3-10(4-2)9-15-13-11-6-8-16-12(11)5-7-14-13/h5-8,10H,3-4,9H2,1-2H3,(H,14,15). The third kappa shape index (κ3) is 2.35. The molecule has 0 fully saturated rings. The van der Waals surface area contributed by atoms with E-state index in [9.17, 15) is 0 Å². The second-order valence-corrected chi connectivity index (χ2v) is 5.00. The fourth-order valence-electron chi connectivity index (χ4n) is 1.85. The SMILES string of the molecule is CCC(CC)CNc1nccc2sccc12. The summed E-state index contributed by atoms with van der Waals surface area (Å²) in [5.74, 6) is 1.78. The maximum atomic E-state index is 4.42. The number of fused-ring (bicyclic) bond motifs is 1. The van der Waals surface area contributed by atoms with Crippen LogP contribution in [0.4, 0.5) is 5.82 Å². The zero-order valence-corrected chi connectivity index (χ0v) is 10.7. The van der Waals surface area contributed by atoms with Crippen molar-refractivity contribution in [2.45, 2.75) is 26.7 Å². The van der Waals surface area contributed by atoms with Crippen LogP contribution < -0.4 is 5.32 Å². The summed E-state index contributed by atoms with van der Waals surface area (Å²) in [5.41, 5.74) is 0. The lowest BCUT2D eigenvalue weighted by molar-refractivity contribution is 0.518. The smallest absolute Gasteiger partial charge is 0.134 e. The molecule has 2 aromatic heterocycles. The van der Waals surface area contributed by atoms with Crippen LogP contribution in [0.1, 0.15) is 26.7 Å². The summed E-state index contributed by atoms with van der Waals surface area (Å²) in [6, 6.07) is 4.21. The Bertz CT molecular complexity index is 446. The van der Waals surface area contributed by atoms with E-state index in [1.165, 1.54) is 22.9 Å². The van der Waals surface area contributed by atoms with Gasteiger partial charge in [0.2, 0.25) is 0 Å². The number of aromatic nitrogens is 1. The van der Waals surface area contributed by atoms with Crippen LogP contribution >= 0.6 is 11.3 Å². The van der Waals surface area contributed by atoms with E-state index in [1.807, 2.05) is 6.20 Å². The average molecular weight is 234 g/mol. The summed E-state index contributed by atoms with van der Waals surface area (Å²) in [6.07, 6.45) is 4.33. The first kappa shape index (κ1) is 11.4. The molecule has 0 aromatic carbocycles. The number of rotatable bonds is 5.